The zero-order valence-corrected chi connectivity index (χ0v) is 11.8. The van der Waals surface area contributed by atoms with Crippen LogP contribution in [0.4, 0.5) is 0 Å². The summed E-state index contributed by atoms with van der Waals surface area (Å²) in [6, 6.07) is 0. The van der Waals surface area contributed by atoms with Gasteiger partial charge in [0.15, 0.2) is 0 Å². The van der Waals surface area contributed by atoms with E-state index >= 15 is 0 Å². The highest BCUT2D eigenvalue weighted by molar-refractivity contribution is 5.08. The molecule has 0 aliphatic heterocycles. The van der Waals surface area contributed by atoms with Crippen molar-refractivity contribution in [1.29, 1.82) is 0 Å². The van der Waals surface area contributed by atoms with Crippen molar-refractivity contribution in [2.24, 2.45) is 5.41 Å². The second-order valence-corrected chi connectivity index (χ2v) is 5.09. The molecular formula is C15H28O2. The van der Waals surface area contributed by atoms with E-state index in [-0.39, 0.29) is 13.2 Å². The van der Waals surface area contributed by atoms with Crippen molar-refractivity contribution in [3.63, 3.8) is 0 Å². The zero-order valence-electron chi connectivity index (χ0n) is 11.8. The Morgan fingerprint density at radius 2 is 1.24 bits per heavy atom. The number of rotatable bonds is 8. The summed E-state index contributed by atoms with van der Waals surface area (Å²) in [6.45, 7) is 8.42. The minimum atomic E-state index is -0.397. The molecular weight excluding hydrogens is 212 g/mol. The lowest BCUT2D eigenvalue weighted by molar-refractivity contribution is 0.0547. The molecule has 2 N–H and O–H groups in total. The maximum atomic E-state index is 9.60. The fraction of sp³-hybridized carbons (Fsp3) is 0.733. The van der Waals surface area contributed by atoms with Crippen molar-refractivity contribution in [2.75, 3.05) is 13.2 Å². The first-order chi connectivity index (χ1) is 8.03. The molecule has 0 amide bonds. The summed E-state index contributed by atoms with van der Waals surface area (Å²) in [6.07, 6.45) is 7.87. The highest BCUT2D eigenvalue weighted by Crippen LogP contribution is 2.32. The molecule has 0 aromatic rings. The maximum absolute atomic E-state index is 9.60. The SMILES string of the molecule is CCC=C(C)CC(CO)(CO)CC(C)=CCC. The van der Waals surface area contributed by atoms with Gasteiger partial charge in [0.2, 0.25) is 0 Å². The molecule has 0 aliphatic carbocycles. The van der Waals surface area contributed by atoms with Crippen LogP contribution < -0.4 is 0 Å². The second-order valence-electron chi connectivity index (χ2n) is 5.09. The van der Waals surface area contributed by atoms with Crippen molar-refractivity contribution in [1.82, 2.24) is 0 Å². The molecule has 0 aliphatic rings. The van der Waals surface area contributed by atoms with Crippen molar-refractivity contribution < 1.29 is 10.2 Å². The van der Waals surface area contributed by atoms with E-state index in [9.17, 15) is 10.2 Å². The van der Waals surface area contributed by atoms with E-state index in [0.29, 0.717) is 0 Å². The van der Waals surface area contributed by atoms with Crippen LogP contribution in [0.15, 0.2) is 23.3 Å². The molecule has 0 spiro atoms. The predicted molar refractivity (Wildman–Crippen MR) is 73.9 cm³/mol. The van der Waals surface area contributed by atoms with Gasteiger partial charge in [-0.25, -0.2) is 0 Å². The molecule has 0 saturated carbocycles. The van der Waals surface area contributed by atoms with Gasteiger partial charge in [0, 0.05) is 5.41 Å². The smallest absolute Gasteiger partial charge is 0.0515 e. The number of allylic oxidation sites excluding steroid dienone is 4. The standard InChI is InChI=1S/C15H28O2/c1-5-7-13(3)9-15(11-16,12-17)10-14(4)8-6-2/h7-8,16-17H,5-6,9-12H2,1-4H3. The first-order valence-electron chi connectivity index (χ1n) is 6.56. The second kappa shape index (κ2) is 8.48. The number of hydrogen-bond donors (Lipinski definition) is 2. The largest absolute Gasteiger partial charge is 0.396 e. The maximum Gasteiger partial charge on any atom is 0.0515 e. The average molecular weight is 240 g/mol. The molecule has 0 aromatic carbocycles. The molecule has 0 bridgehead atoms. The van der Waals surface area contributed by atoms with Crippen LogP contribution in [0.25, 0.3) is 0 Å². The van der Waals surface area contributed by atoms with Gasteiger partial charge in [-0.1, -0.05) is 37.1 Å². The van der Waals surface area contributed by atoms with Gasteiger partial charge in [-0.3, -0.25) is 0 Å². The third-order valence-electron chi connectivity index (χ3n) is 3.08. The monoisotopic (exact) mass is 240 g/mol. The molecule has 0 unspecified atom stereocenters. The molecule has 0 saturated heterocycles. The molecule has 0 atom stereocenters. The number of aliphatic hydroxyl groups excluding tert-OH is 2. The molecule has 0 rings (SSSR count). The topological polar surface area (TPSA) is 40.5 Å². The van der Waals surface area contributed by atoms with Gasteiger partial charge in [0.1, 0.15) is 0 Å². The van der Waals surface area contributed by atoms with E-state index in [1.165, 1.54) is 11.1 Å². The molecule has 17 heavy (non-hydrogen) atoms. The lowest BCUT2D eigenvalue weighted by Gasteiger charge is -2.30. The number of hydrogen-bond acceptors (Lipinski definition) is 2. The van der Waals surface area contributed by atoms with E-state index < -0.39 is 5.41 Å². The quantitative estimate of drug-likeness (QED) is 0.638. The van der Waals surface area contributed by atoms with Gasteiger partial charge in [-0.15, -0.1) is 0 Å². The lowest BCUT2D eigenvalue weighted by atomic mass is 9.77. The van der Waals surface area contributed by atoms with Gasteiger partial charge in [0.05, 0.1) is 13.2 Å². The van der Waals surface area contributed by atoms with E-state index in [4.69, 9.17) is 0 Å². The fourth-order valence-corrected chi connectivity index (χ4v) is 2.36. The first-order valence-corrected chi connectivity index (χ1v) is 6.56. The van der Waals surface area contributed by atoms with E-state index in [1.54, 1.807) is 0 Å². The summed E-state index contributed by atoms with van der Waals surface area (Å²) < 4.78 is 0. The Kier molecular flexibility index (Phi) is 8.19. The Morgan fingerprint density at radius 1 is 0.882 bits per heavy atom. The summed E-state index contributed by atoms with van der Waals surface area (Å²) in [7, 11) is 0. The summed E-state index contributed by atoms with van der Waals surface area (Å²) in [5.41, 5.74) is 2.10. The predicted octanol–water partition coefficient (Wildman–Crippen LogP) is 3.45. The van der Waals surface area contributed by atoms with Crippen LogP contribution in [0.3, 0.4) is 0 Å². The molecule has 100 valence electrons. The van der Waals surface area contributed by atoms with Crippen LogP contribution in [-0.2, 0) is 0 Å². The third-order valence-corrected chi connectivity index (χ3v) is 3.08. The molecule has 2 heteroatoms. The summed E-state index contributed by atoms with van der Waals surface area (Å²) >= 11 is 0. The normalized spacial score (nSPS) is 14.2. The molecule has 2 nitrogen and oxygen atoms in total. The van der Waals surface area contributed by atoms with Gasteiger partial charge in [0.25, 0.3) is 0 Å². The summed E-state index contributed by atoms with van der Waals surface area (Å²) in [5, 5.41) is 19.2. The highest BCUT2D eigenvalue weighted by Gasteiger charge is 2.29. The fourth-order valence-electron chi connectivity index (χ4n) is 2.36. The van der Waals surface area contributed by atoms with Crippen LogP contribution in [0.2, 0.25) is 0 Å². The lowest BCUT2D eigenvalue weighted by Crippen LogP contribution is -2.30. The zero-order chi connectivity index (χ0) is 13.3. The van der Waals surface area contributed by atoms with Gasteiger partial charge in [-0.2, -0.15) is 0 Å². The minimum absolute atomic E-state index is 0.0350. The first kappa shape index (κ1) is 16.4. The van der Waals surface area contributed by atoms with Gasteiger partial charge in [-0.05, 0) is 39.5 Å². The van der Waals surface area contributed by atoms with Crippen molar-refractivity contribution in [2.45, 2.75) is 53.4 Å². The Balaban J connectivity index is 4.78. The average Bonchev–Trinajstić information content (AvgIpc) is 2.28. The third kappa shape index (κ3) is 6.04. The Bertz CT molecular complexity index is 236. The summed E-state index contributed by atoms with van der Waals surface area (Å²) in [5.74, 6) is 0. The van der Waals surface area contributed by atoms with Crippen molar-refractivity contribution >= 4 is 0 Å². The molecule has 0 fully saturated rings. The van der Waals surface area contributed by atoms with Crippen LogP contribution in [0.1, 0.15) is 53.4 Å². The Labute approximate surface area is 106 Å². The van der Waals surface area contributed by atoms with Crippen molar-refractivity contribution in [3.8, 4) is 0 Å². The number of aliphatic hydroxyl groups is 2. The molecule has 0 radical (unpaired) electrons. The van der Waals surface area contributed by atoms with E-state index in [0.717, 1.165) is 25.7 Å². The molecule has 0 heterocycles. The Morgan fingerprint density at radius 3 is 1.47 bits per heavy atom. The Hall–Kier alpha value is -0.600. The van der Waals surface area contributed by atoms with Crippen LogP contribution in [0, 0.1) is 5.41 Å². The van der Waals surface area contributed by atoms with Gasteiger partial charge < -0.3 is 10.2 Å². The van der Waals surface area contributed by atoms with E-state index in [2.05, 4.69) is 39.8 Å². The minimum Gasteiger partial charge on any atom is -0.396 e. The van der Waals surface area contributed by atoms with E-state index in [1.807, 2.05) is 0 Å². The molecule has 0 aromatic heterocycles. The van der Waals surface area contributed by atoms with Crippen LogP contribution >= 0.6 is 0 Å². The van der Waals surface area contributed by atoms with Gasteiger partial charge >= 0.3 is 0 Å². The van der Waals surface area contributed by atoms with Crippen LogP contribution in [-0.4, -0.2) is 23.4 Å². The highest BCUT2D eigenvalue weighted by atomic mass is 16.3. The van der Waals surface area contributed by atoms with Crippen molar-refractivity contribution in [3.05, 3.63) is 23.3 Å². The summed E-state index contributed by atoms with van der Waals surface area (Å²) in [4.78, 5) is 0. The van der Waals surface area contributed by atoms with Crippen LogP contribution in [0.5, 0.6) is 0 Å².